The van der Waals surface area contributed by atoms with E-state index < -0.39 is 5.91 Å². The number of likely N-dealkylation sites (N-methyl/N-ethyl adjacent to an activating group) is 1. The van der Waals surface area contributed by atoms with Gasteiger partial charge in [0.2, 0.25) is 0 Å². The van der Waals surface area contributed by atoms with E-state index in [1.165, 1.54) is 10.5 Å². The zero-order valence-electron chi connectivity index (χ0n) is 19.2. The van der Waals surface area contributed by atoms with E-state index in [0.717, 1.165) is 37.1 Å². The molecule has 0 fully saturated rings. The summed E-state index contributed by atoms with van der Waals surface area (Å²) in [6.45, 7) is 8.47. The Hall–Kier alpha value is -3.13. The summed E-state index contributed by atoms with van der Waals surface area (Å²) in [6.07, 6.45) is 7.58. The third-order valence-electron chi connectivity index (χ3n) is 6.41. The molecule has 0 atom stereocenters. The van der Waals surface area contributed by atoms with Gasteiger partial charge in [0.05, 0.1) is 0 Å². The molecule has 2 aliphatic rings. The number of imide groups is 1. The third kappa shape index (κ3) is 3.95. The van der Waals surface area contributed by atoms with Crippen molar-refractivity contribution in [3.05, 3.63) is 64.4 Å². The Bertz CT molecular complexity index is 1040. The summed E-state index contributed by atoms with van der Waals surface area (Å²) < 4.78 is 0. The number of hydrogen-bond acceptors (Lipinski definition) is 4. The standard InChI is InChI=1S/C26H31N3O2/c1-6-7-8-11-16-29-24(30)19(18(2)20(17-27)25(29)31)14-15-23-26(3,4)21-12-9-10-13-22(21)28(23)5/h9-10,12-15H,6-8,11,16H2,1-5H3. The van der Waals surface area contributed by atoms with E-state index in [1.54, 1.807) is 13.0 Å². The van der Waals surface area contributed by atoms with Gasteiger partial charge in [-0.25, -0.2) is 0 Å². The maximum absolute atomic E-state index is 13.2. The van der Waals surface area contributed by atoms with Gasteiger partial charge in [-0.05, 0) is 42.7 Å². The van der Waals surface area contributed by atoms with Gasteiger partial charge in [0, 0.05) is 36.0 Å². The van der Waals surface area contributed by atoms with E-state index in [9.17, 15) is 14.9 Å². The van der Waals surface area contributed by atoms with Crippen LogP contribution in [0.5, 0.6) is 0 Å². The molecule has 31 heavy (non-hydrogen) atoms. The monoisotopic (exact) mass is 417 g/mol. The highest BCUT2D eigenvalue weighted by Gasteiger charge is 2.38. The number of carbonyl (C=O) groups is 2. The number of para-hydroxylation sites is 1. The largest absolute Gasteiger partial charge is 0.347 e. The van der Waals surface area contributed by atoms with E-state index in [4.69, 9.17) is 0 Å². The highest BCUT2D eigenvalue weighted by molar-refractivity contribution is 6.18. The lowest BCUT2D eigenvalue weighted by atomic mass is 9.83. The quantitative estimate of drug-likeness (QED) is 0.371. The van der Waals surface area contributed by atoms with Crippen molar-refractivity contribution in [3.63, 3.8) is 0 Å². The highest BCUT2D eigenvalue weighted by Crippen LogP contribution is 2.46. The molecule has 0 unspecified atom stereocenters. The third-order valence-corrected chi connectivity index (χ3v) is 6.41. The number of nitrogens with zero attached hydrogens (tertiary/aromatic N) is 3. The molecule has 0 saturated carbocycles. The fraction of sp³-hybridized carbons (Fsp3) is 0.423. The molecule has 0 spiro atoms. The molecule has 0 saturated heterocycles. The Morgan fingerprint density at radius 3 is 2.42 bits per heavy atom. The van der Waals surface area contributed by atoms with E-state index >= 15 is 0 Å². The average molecular weight is 418 g/mol. The Labute approximate surface area is 185 Å². The van der Waals surface area contributed by atoms with Crippen molar-refractivity contribution in [1.82, 2.24) is 4.90 Å². The molecule has 5 nitrogen and oxygen atoms in total. The predicted octanol–water partition coefficient (Wildman–Crippen LogP) is 5.01. The maximum atomic E-state index is 13.2. The van der Waals surface area contributed by atoms with Gasteiger partial charge in [-0.1, -0.05) is 58.2 Å². The molecule has 162 valence electrons. The van der Waals surface area contributed by atoms with Crippen molar-refractivity contribution in [3.8, 4) is 6.07 Å². The highest BCUT2D eigenvalue weighted by atomic mass is 16.2. The molecule has 1 aromatic carbocycles. The Morgan fingerprint density at radius 1 is 1.06 bits per heavy atom. The van der Waals surface area contributed by atoms with Gasteiger partial charge < -0.3 is 4.90 Å². The first-order valence-electron chi connectivity index (χ1n) is 11.0. The molecule has 0 bridgehead atoms. The SMILES string of the molecule is CCCCCCN1C(=O)C(=CC=C2N(C)c3ccccc3C2(C)C)C(C)=C(C#N)C1=O. The molecule has 1 aromatic rings. The summed E-state index contributed by atoms with van der Waals surface area (Å²) in [7, 11) is 2.02. The summed E-state index contributed by atoms with van der Waals surface area (Å²) >= 11 is 0. The minimum absolute atomic E-state index is 0.0575. The minimum atomic E-state index is -0.475. The van der Waals surface area contributed by atoms with Crippen LogP contribution in [0, 0.1) is 11.3 Å². The van der Waals surface area contributed by atoms with E-state index in [-0.39, 0.29) is 16.9 Å². The number of anilines is 1. The van der Waals surface area contributed by atoms with Gasteiger partial charge in [0.1, 0.15) is 11.6 Å². The minimum Gasteiger partial charge on any atom is -0.347 e. The smallest absolute Gasteiger partial charge is 0.271 e. The number of benzene rings is 1. The molecule has 2 heterocycles. The number of amides is 2. The van der Waals surface area contributed by atoms with Gasteiger partial charge in [0.25, 0.3) is 11.8 Å². The molecule has 0 aliphatic carbocycles. The van der Waals surface area contributed by atoms with Crippen molar-refractivity contribution in [2.75, 3.05) is 18.5 Å². The number of nitriles is 1. The molecule has 2 aliphatic heterocycles. The van der Waals surface area contributed by atoms with Gasteiger partial charge >= 0.3 is 0 Å². The average Bonchev–Trinajstić information content (AvgIpc) is 2.94. The van der Waals surface area contributed by atoms with Crippen LogP contribution in [0.3, 0.4) is 0 Å². The molecule has 3 rings (SSSR count). The number of rotatable bonds is 6. The fourth-order valence-electron chi connectivity index (χ4n) is 4.52. The van der Waals surface area contributed by atoms with E-state index in [1.807, 2.05) is 31.3 Å². The maximum Gasteiger partial charge on any atom is 0.271 e. The molecular formula is C26H31N3O2. The molecule has 0 N–H and O–H groups in total. The summed E-state index contributed by atoms with van der Waals surface area (Å²) in [5.41, 5.74) is 4.15. The second kappa shape index (κ2) is 8.93. The van der Waals surface area contributed by atoms with Crippen molar-refractivity contribution in [2.45, 2.75) is 58.8 Å². The molecule has 0 aromatic heterocycles. The van der Waals surface area contributed by atoms with Crippen LogP contribution < -0.4 is 4.90 Å². The normalized spacial score (nSPS) is 20.6. The number of allylic oxidation sites excluding steroid dienone is 3. The second-order valence-electron chi connectivity index (χ2n) is 8.77. The van der Waals surface area contributed by atoms with Crippen LogP contribution >= 0.6 is 0 Å². The topological polar surface area (TPSA) is 64.4 Å². The summed E-state index contributed by atoms with van der Waals surface area (Å²) in [5, 5.41) is 9.57. The fourth-order valence-corrected chi connectivity index (χ4v) is 4.52. The van der Waals surface area contributed by atoms with Gasteiger partial charge in [-0.3, -0.25) is 14.5 Å². The Kier molecular flexibility index (Phi) is 6.50. The summed E-state index contributed by atoms with van der Waals surface area (Å²) in [6, 6.07) is 10.3. The molecular weight excluding hydrogens is 386 g/mol. The van der Waals surface area contributed by atoms with Crippen molar-refractivity contribution in [2.24, 2.45) is 0 Å². The number of unbranched alkanes of at least 4 members (excludes halogenated alkanes) is 3. The van der Waals surface area contributed by atoms with Crippen LogP contribution in [-0.4, -0.2) is 30.3 Å². The first kappa shape index (κ1) is 22.6. The molecule has 2 amide bonds. The van der Waals surface area contributed by atoms with Crippen molar-refractivity contribution >= 4 is 17.5 Å². The van der Waals surface area contributed by atoms with Gasteiger partial charge in [-0.2, -0.15) is 5.26 Å². The predicted molar refractivity (Wildman–Crippen MR) is 123 cm³/mol. The summed E-state index contributed by atoms with van der Waals surface area (Å²) in [5.74, 6) is -0.789. The number of fused-ring (bicyclic) bond motifs is 1. The van der Waals surface area contributed by atoms with Crippen LogP contribution in [0.15, 0.2) is 58.8 Å². The van der Waals surface area contributed by atoms with Crippen molar-refractivity contribution in [1.29, 1.82) is 5.26 Å². The Morgan fingerprint density at radius 2 is 1.77 bits per heavy atom. The molecule has 5 heteroatoms. The van der Waals surface area contributed by atoms with E-state index in [2.05, 4.69) is 37.8 Å². The van der Waals surface area contributed by atoms with Gasteiger partial charge in [-0.15, -0.1) is 0 Å². The lowest BCUT2D eigenvalue weighted by molar-refractivity contribution is -0.140. The van der Waals surface area contributed by atoms with E-state index in [0.29, 0.717) is 17.7 Å². The first-order valence-corrected chi connectivity index (χ1v) is 11.0. The summed E-state index contributed by atoms with van der Waals surface area (Å²) in [4.78, 5) is 29.3. The van der Waals surface area contributed by atoms with Gasteiger partial charge in [0.15, 0.2) is 0 Å². The van der Waals surface area contributed by atoms with Crippen LogP contribution in [0.2, 0.25) is 0 Å². The zero-order chi connectivity index (χ0) is 22.8. The first-order chi connectivity index (χ1) is 14.8. The zero-order valence-corrected chi connectivity index (χ0v) is 19.2. The molecule has 0 radical (unpaired) electrons. The van der Waals surface area contributed by atoms with Crippen LogP contribution in [0.1, 0.15) is 58.9 Å². The lowest BCUT2D eigenvalue weighted by Crippen LogP contribution is -2.43. The van der Waals surface area contributed by atoms with Crippen LogP contribution in [0.25, 0.3) is 0 Å². The van der Waals surface area contributed by atoms with Crippen molar-refractivity contribution < 1.29 is 9.59 Å². The Balaban J connectivity index is 1.99. The lowest BCUT2D eigenvalue weighted by Gasteiger charge is -2.28. The van der Waals surface area contributed by atoms with Crippen LogP contribution in [0.4, 0.5) is 5.69 Å². The number of carbonyl (C=O) groups excluding carboxylic acids is 2. The number of hydrogen-bond donors (Lipinski definition) is 0. The van der Waals surface area contributed by atoms with Crippen LogP contribution in [-0.2, 0) is 15.0 Å². The second-order valence-corrected chi connectivity index (χ2v) is 8.77.